The van der Waals surface area contributed by atoms with Gasteiger partial charge in [0.25, 0.3) is 0 Å². The molecule has 1 aromatic heterocycles. The summed E-state index contributed by atoms with van der Waals surface area (Å²) in [6.45, 7) is 2.42. The first-order chi connectivity index (χ1) is 7.39. The average molecular weight is 264 g/mol. The van der Waals surface area contributed by atoms with Crippen molar-refractivity contribution in [2.24, 2.45) is 0 Å². The quantitative estimate of drug-likeness (QED) is 0.900. The zero-order valence-corrected chi connectivity index (χ0v) is 10.6. The van der Waals surface area contributed by atoms with Crippen molar-refractivity contribution in [2.45, 2.75) is 25.4 Å². The van der Waals surface area contributed by atoms with E-state index in [0.717, 1.165) is 5.76 Å². The summed E-state index contributed by atoms with van der Waals surface area (Å²) in [5.41, 5.74) is -0.349. The molecule has 16 heavy (non-hydrogen) atoms. The number of sulfone groups is 1. The van der Waals surface area contributed by atoms with Crippen LogP contribution < -0.4 is 5.32 Å². The predicted octanol–water partition coefficient (Wildman–Crippen LogP) is 1.60. The van der Waals surface area contributed by atoms with Crippen LogP contribution in [0.25, 0.3) is 0 Å². The lowest BCUT2D eigenvalue weighted by atomic mass is 10.0. The molecule has 0 spiro atoms. The lowest BCUT2D eigenvalue weighted by Gasteiger charge is -2.23. The number of halogens is 1. The van der Waals surface area contributed by atoms with E-state index in [1.807, 2.05) is 6.92 Å². The number of rotatable bonds is 3. The third-order valence-corrected chi connectivity index (χ3v) is 4.93. The summed E-state index contributed by atoms with van der Waals surface area (Å²) in [6.07, 6.45) is 0.643. The molecule has 1 aromatic rings. The van der Waals surface area contributed by atoms with E-state index in [1.54, 1.807) is 12.1 Å². The molecule has 1 aliphatic heterocycles. The Balaban J connectivity index is 1.96. The molecule has 1 fully saturated rings. The monoisotopic (exact) mass is 263 g/mol. The van der Waals surface area contributed by atoms with E-state index in [9.17, 15) is 8.42 Å². The number of hydrogen-bond donors (Lipinski definition) is 1. The van der Waals surface area contributed by atoms with Crippen molar-refractivity contribution in [2.75, 3.05) is 11.5 Å². The largest absolute Gasteiger partial charge is 0.448 e. The molecule has 0 aliphatic carbocycles. The highest BCUT2D eigenvalue weighted by Gasteiger charge is 2.37. The molecule has 1 aliphatic rings. The fourth-order valence-corrected chi connectivity index (χ4v) is 4.18. The van der Waals surface area contributed by atoms with E-state index in [0.29, 0.717) is 18.2 Å². The first kappa shape index (κ1) is 12.0. The van der Waals surface area contributed by atoms with E-state index in [-0.39, 0.29) is 17.0 Å². The van der Waals surface area contributed by atoms with Crippen LogP contribution in [0.3, 0.4) is 0 Å². The van der Waals surface area contributed by atoms with Crippen LogP contribution in [-0.4, -0.2) is 25.5 Å². The molecule has 0 bridgehead atoms. The Bertz CT molecular complexity index is 482. The van der Waals surface area contributed by atoms with Crippen LogP contribution in [0.2, 0.25) is 5.22 Å². The third-order valence-electron chi connectivity index (χ3n) is 2.82. The maximum Gasteiger partial charge on any atom is 0.193 e. The smallest absolute Gasteiger partial charge is 0.193 e. The van der Waals surface area contributed by atoms with E-state index in [1.165, 1.54) is 0 Å². The Morgan fingerprint density at radius 1 is 1.56 bits per heavy atom. The van der Waals surface area contributed by atoms with Crippen molar-refractivity contribution < 1.29 is 12.8 Å². The van der Waals surface area contributed by atoms with Gasteiger partial charge >= 0.3 is 0 Å². The first-order valence-electron chi connectivity index (χ1n) is 5.08. The maximum atomic E-state index is 11.4. The van der Waals surface area contributed by atoms with Crippen LogP contribution in [-0.2, 0) is 16.4 Å². The maximum absolute atomic E-state index is 11.4. The standard InChI is InChI=1S/C10H14ClNO3S/c1-10(4-5-16(13,14)7-10)12-6-8-2-3-9(11)15-8/h2-3,12H,4-7H2,1H3. The summed E-state index contributed by atoms with van der Waals surface area (Å²) >= 11 is 5.65. The van der Waals surface area contributed by atoms with Gasteiger partial charge in [-0.1, -0.05) is 0 Å². The van der Waals surface area contributed by atoms with Crippen molar-refractivity contribution >= 4 is 21.4 Å². The van der Waals surface area contributed by atoms with Crippen LogP contribution in [0, 0.1) is 0 Å². The van der Waals surface area contributed by atoms with Gasteiger partial charge in [0.05, 0.1) is 18.1 Å². The lowest BCUT2D eigenvalue weighted by molar-refractivity contribution is 0.368. The van der Waals surface area contributed by atoms with Crippen LogP contribution in [0.15, 0.2) is 16.5 Å². The van der Waals surface area contributed by atoms with Gasteiger partial charge in [-0.25, -0.2) is 8.42 Å². The molecule has 2 rings (SSSR count). The van der Waals surface area contributed by atoms with Gasteiger partial charge in [-0.3, -0.25) is 0 Å². The molecule has 0 aromatic carbocycles. The second-order valence-electron chi connectivity index (χ2n) is 4.46. The number of nitrogens with one attached hydrogen (secondary N) is 1. The molecule has 0 amide bonds. The fourth-order valence-electron chi connectivity index (χ4n) is 1.90. The fraction of sp³-hybridized carbons (Fsp3) is 0.600. The van der Waals surface area contributed by atoms with Gasteiger partial charge in [0, 0.05) is 5.54 Å². The molecule has 0 radical (unpaired) electrons. The predicted molar refractivity (Wildman–Crippen MR) is 62.2 cm³/mol. The highest BCUT2D eigenvalue weighted by atomic mass is 35.5. The summed E-state index contributed by atoms with van der Waals surface area (Å²) < 4.78 is 27.9. The molecule has 1 unspecified atom stereocenters. The van der Waals surface area contributed by atoms with Gasteiger partial charge in [0.2, 0.25) is 0 Å². The minimum atomic E-state index is -2.87. The molecule has 1 saturated heterocycles. The van der Waals surface area contributed by atoms with E-state index < -0.39 is 9.84 Å². The average Bonchev–Trinajstić information content (AvgIpc) is 2.69. The first-order valence-corrected chi connectivity index (χ1v) is 7.28. The second kappa shape index (κ2) is 4.05. The normalized spacial score (nSPS) is 28.4. The zero-order valence-electron chi connectivity index (χ0n) is 8.99. The van der Waals surface area contributed by atoms with Gasteiger partial charge in [-0.15, -0.1) is 0 Å². The van der Waals surface area contributed by atoms with Gasteiger partial charge < -0.3 is 9.73 Å². The summed E-state index contributed by atoms with van der Waals surface area (Å²) in [6, 6.07) is 3.45. The highest BCUT2D eigenvalue weighted by molar-refractivity contribution is 7.91. The lowest BCUT2D eigenvalue weighted by Crippen LogP contribution is -2.42. The van der Waals surface area contributed by atoms with Crippen molar-refractivity contribution in [3.05, 3.63) is 23.1 Å². The van der Waals surface area contributed by atoms with E-state index in [4.69, 9.17) is 16.0 Å². The summed E-state index contributed by atoms with van der Waals surface area (Å²) in [5, 5.41) is 3.56. The van der Waals surface area contributed by atoms with Crippen LogP contribution >= 0.6 is 11.6 Å². The van der Waals surface area contributed by atoms with Gasteiger partial charge in [0.15, 0.2) is 15.1 Å². The van der Waals surface area contributed by atoms with Crippen LogP contribution in [0.5, 0.6) is 0 Å². The Morgan fingerprint density at radius 3 is 2.81 bits per heavy atom. The molecule has 1 N–H and O–H groups in total. The third kappa shape index (κ3) is 2.78. The summed E-state index contributed by atoms with van der Waals surface area (Å²) in [7, 11) is -2.87. The van der Waals surface area contributed by atoms with Gasteiger partial charge in [-0.2, -0.15) is 0 Å². The summed E-state index contributed by atoms with van der Waals surface area (Å²) in [4.78, 5) is 0. The molecular formula is C10H14ClNO3S. The Labute approximate surface area is 99.9 Å². The van der Waals surface area contributed by atoms with Crippen molar-refractivity contribution in [1.82, 2.24) is 5.32 Å². The van der Waals surface area contributed by atoms with Crippen LogP contribution in [0.1, 0.15) is 19.1 Å². The molecular weight excluding hydrogens is 250 g/mol. The molecule has 0 saturated carbocycles. The number of furan rings is 1. The minimum Gasteiger partial charge on any atom is -0.448 e. The molecule has 4 nitrogen and oxygen atoms in total. The van der Waals surface area contributed by atoms with Crippen molar-refractivity contribution in [3.8, 4) is 0 Å². The zero-order chi connectivity index (χ0) is 11.8. The molecule has 2 heterocycles. The second-order valence-corrected chi connectivity index (χ2v) is 7.02. The number of hydrogen-bond acceptors (Lipinski definition) is 4. The van der Waals surface area contributed by atoms with Crippen molar-refractivity contribution in [1.29, 1.82) is 0 Å². The van der Waals surface area contributed by atoms with Crippen molar-refractivity contribution in [3.63, 3.8) is 0 Å². The topological polar surface area (TPSA) is 59.3 Å². The van der Waals surface area contributed by atoms with E-state index >= 15 is 0 Å². The Kier molecular flexibility index (Phi) is 3.03. The molecule has 6 heteroatoms. The SMILES string of the molecule is CC1(NCc2ccc(Cl)o2)CCS(=O)(=O)C1. The summed E-state index contributed by atoms with van der Waals surface area (Å²) in [5.74, 6) is 1.17. The molecule has 90 valence electrons. The minimum absolute atomic E-state index is 0.189. The highest BCUT2D eigenvalue weighted by Crippen LogP contribution is 2.23. The Hall–Kier alpha value is -0.520. The van der Waals surface area contributed by atoms with Gasteiger partial charge in [-0.05, 0) is 37.1 Å². The van der Waals surface area contributed by atoms with Crippen LogP contribution in [0.4, 0.5) is 0 Å². The van der Waals surface area contributed by atoms with E-state index in [2.05, 4.69) is 5.32 Å². The molecule has 1 atom stereocenters. The Morgan fingerprint density at radius 2 is 2.31 bits per heavy atom. The van der Waals surface area contributed by atoms with Gasteiger partial charge in [0.1, 0.15) is 5.76 Å².